The maximum absolute atomic E-state index is 7.01. The molecule has 0 radical (unpaired) electrons. The third-order valence-corrected chi connectivity index (χ3v) is 3.03. The summed E-state index contributed by atoms with van der Waals surface area (Å²) in [4.78, 5) is 13.1. The summed E-state index contributed by atoms with van der Waals surface area (Å²) in [5, 5.41) is 1.07. The summed E-state index contributed by atoms with van der Waals surface area (Å²) >= 11 is 0. The van der Waals surface area contributed by atoms with Crippen molar-refractivity contribution in [1.29, 1.82) is 0 Å². The Kier molecular flexibility index (Phi) is 3.40. The van der Waals surface area contributed by atoms with Crippen LogP contribution in [0.5, 0.6) is 0 Å². The molecule has 0 saturated heterocycles. The predicted octanol–water partition coefficient (Wildman–Crippen LogP) is 2.61. The first kappa shape index (κ1) is 11.6. The van der Waals surface area contributed by atoms with E-state index in [1.54, 1.807) is 6.20 Å². The number of H-pyrrole nitrogens is 1. The number of fused-ring (bicyclic) bond motifs is 1. The molecule has 4 heteroatoms. The Hall–Kier alpha value is -1.86. The Labute approximate surface area is 101 Å². The first-order valence-corrected chi connectivity index (χ1v) is 5.76. The van der Waals surface area contributed by atoms with Crippen molar-refractivity contribution in [2.24, 2.45) is 0 Å². The Morgan fingerprint density at radius 1 is 1.53 bits per heavy atom. The molecule has 0 amide bonds. The Bertz CT molecular complexity index is 550. The second-order valence-electron chi connectivity index (χ2n) is 4.16. The second-order valence-corrected chi connectivity index (χ2v) is 4.16. The first-order valence-electron chi connectivity index (χ1n) is 5.76. The number of aromatic nitrogens is 2. The molecular weight excluding hydrogens is 212 g/mol. The van der Waals surface area contributed by atoms with Crippen LogP contribution in [0.25, 0.3) is 15.9 Å². The maximum Gasteiger partial charge on any atom is 0.205 e. The van der Waals surface area contributed by atoms with Gasteiger partial charge in [-0.1, -0.05) is 6.92 Å². The highest BCUT2D eigenvalue weighted by molar-refractivity contribution is 5.82. The van der Waals surface area contributed by atoms with Crippen LogP contribution in [0.4, 0.5) is 5.69 Å². The van der Waals surface area contributed by atoms with Crippen LogP contribution in [0, 0.1) is 6.57 Å². The number of likely N-dealkylation sites (N-methyl/N-ethyl adjacent to an activating group) is 1. The lowest BCUT2D eigenvalue weighted by Gasteiger charge is -2.12. The summed E-state index contributed by atoms with van der Waals surface area (Å²) in [6, 6.07) is 1.91. The minimum atomic E-state index is 0.599. The van der Waals surface area contributed by atoms with Crippen molar-refractivity contribution in [3.05, 3.63) is 35.4 Å². The molecule has 0 fully saturated rings. The zero-order chi connectivity index (χ0) is 12.3. The molecule has 0 aliphatic carbocycles. The molecule has 2 aromatic heterocycles. The molecule has 0 bridgehead atoms. The van der Waals surface area contributed by atoms with E-state index in [9.17, 15) is 0 Å². The molecular formula is C13H16N4. The minimum Gasteiger partial charge on any atom is -0.346 e. The van der Waals surface area contributed by atoms with Crippen LogP contribution in [-0.4, -0.2) is 35.0 Å². The van der Waals surface area contributed by atoms with Gasteiger partial charge in [0.2, 0.25) is 5.69 Å². The van der Waals surface area contributed by atoms with Gasteiger partial charge in [-0.3, -0.25) is 4.98 Å². The third kappa shape index (κ3) is 2.45. The lowest BCUT2D eigenvalue weighted by Crippen LogP contribution is -2.20. The maximum atomic E-state index is 7.01. The lowest BCUT2D eigenvalue weighted by molar-refractivity contribution is 0.358. The quantitative estimate of drug-likeness (QED) is 0.816. The summed E-state index contributed by atoms with van der Waals surface area (Å²) < 4.78 is 0. The Morgan fingerprint density at radius 3 is 3.06 bits per heavy atom. The lowest BCUT2D eigenvalue weighted by atomic mass is 10.1. The number of aromatic amines is 1. The van der Waals surface area contributed by atoms with E-state index >= 15 is 0 Å². The molecule has 2 heterocycles. The predicted molar refractivity (Wildman–Crippen MR) is 69.2 cm³/mol. The van der Waals surface area contributed by atoms with E-state index in [0.717, 1.165) is 30.5 Å². The summed E-state index contributed by atoms with van der Waals surface area (Å²) in [6.45, 7) is 11.2. The van der Waals surface area contributed by atoms with Crippen LogP contribution in [-0.2, 0) is 6.42 Å². The van der Waals surface area contributed by atoms with Gasteiger partial charge in [0.25, 0.3) is 0 Å². The van der Waals surface area contributed by atoms with Gasteiger partial charge in [-0.15, -0.1) is 0 Å². The second kappa shape index (κ2) is 4.98. The topological polar surface area (TPSA) is 36.3 Å². The molecule has 4 nitrogen and oxygen atoms in total. The standard InChI is InChI=1S/C13H16N4/c1-4-17(3)6-5-10-8-15-13-12(10)7-11(14-2)9-16-13/h7-9H,4-6H2,1,3H3,(H,15,16). The number of nitrogens with one attached hydrogen (secondary N) is 1. The van der Waals surface area contributed by atoms with Gasteiger partial charge in [0, 0.05) is 24.3 Å². The fourth-order valence-corrected chi connectivity index (χ4v) is 1.78. The highest BCUT2D eigenvalue weighted by atomic mass is 15.1. The molecule has 0 spiro atoms. The molecule has 17 heavy (non-hydrogen) atoms. The average Bonchev–Trinajstić information content (AvgIpc) is 2.78. The van der Waals surface area contributed by atoms with Crippen LogP contribution in [0.2, 0.25) is 0 Å². The SMILES string of the molecule is [C-]#[N+]c1cnc2[nH]cc(CCN(C)CC)c2c1. The van der Waals surface area contributed by atoms with Gasteiger partial charge < -0.3 is 9.88 Å². The molecule has 1 N–H and O–H groups in total. The molecule has 2 rings (SSSR count). The average molecular weight is 228 g/mol. The summed E-state index contributed by atoms with van der Waals surface area (Å²) in [7, 11) is 2.11. The van der Waals surface area contributed by atoms with E-state index in [4.69, 9.17) is 6.57 Å². The fraction of sp³-hybridized carbons (Fsp3) is 0.385. The highest BCUT2D eigenvalue weighted by Gasteiger charge is 2.06. The molecule has 0 unspecified atom stereocenters. The summed E-state index contributed by atoms with van der Waals surface area (Å²) in [6.07, 6.45) is 4.58. The van der Waals surface area contributed by atoms with Crippen molar-refractivity contribution >= 4 is 16.7 Å². The number of hydrogen-bond acceptors (Lipinski definition) is 2. The van der Waals surface area contributed by atoms with Gasteiger partial charge >= 0.3 is 0 Å². The smallest absolute Gasteiger partial charge is 0.205 e. The van der Waals surface area contributed by atoms with Crippen molar-refractivity contribution in [3.8, 4) is 0 Å². The van der Waals surface area contributed by atoms with E-state index in [1.807, 2.05) is 12.3 Å². The summed E-state index contributed by atoms with van der Waals surface area (Å²) in [5.74, 6) is 0. The zero-order valence-electron chi connectivity index (χ0n) is 10.2. The fourth-order valence-electron chi connectivity index (χ4n) is 1.78. The van der Waals surface area contributed by atoms with Crippen molar-refractivity contribution in [3.63, 3.8) is 0 Å². The highest BCUT2D eigenvalue weighted by Crippen LogP contribution is 2.22. The Balaban J connectivity index is 2.25. The van der Waals surface area contributed by atoms with Crippen LogP contribution in [0.3, 0.4) is 0 Å². The Morgan fingerprint density at radius 2 is 2.35 bits per heavy atom. The molecule has 0 aliphatic rings. The van der Waals surface area contributed by atoms with Gasteiger partial charge in [-0.25, -0.2) is 4.85 Å². The van der Waals surface area contributed by atoms with Gasteiger partial charge in [0.1, 0.15) is 5.65 Å². The van der Waals surface area contributed by atoms with Gasteiger partial charge in [-0.05, 0) is 31.6 Å². The first-order chi connectivity index (χ1) is 8.24. The van der Waals surface area contributed by atoms with Crippen LogP contribution in [0.15, 0.2) is 18.5 Å². The van der Waals surface area contributed by atoms with Crippen LogP contribution < -0.4 is 0 Å². The van der Waals surface area contributed by atoms with Crippen molar-refractivity contribution in [2.75, 3.05) is 20.1 Å². The van der Waals surface area contributed by atoms with Crippen LogP contribution in [0.1, 0.15) is 12.5 Å². The molecule has 0 atom stereocenters. The number of pyridine rings is 1. The van der Waals surface area contributed by atoms with Gasteiger partial charge in [-0.2, -0.15) is 0 Å². The zero-order valence-corrected chi connectivity index (χ0v) is 10.2. The van der Waals surface area contributed by atoms with E-state index in [-0.39, 0.29) is 0 Å². The van der Waals surface area contributed by atoms with E-state index in [1.165, 1.54) is 5.56 Å². The van der Waals surface area contributed by atoms with Crippen LogP contribution >= 0.6 is 0 Å². The molecule has 2 aromatic rings. The van der Waals surface area contributed by atoms with Crippen molar-refractivity contribution in [2.45, 2.75) is 13.3 Å². The third-order valence-electron chi connectivity index (χ3n) is 3.03. The molecule has 88 valence electrons. The van der Waals surface area contributed by atoms with Gasteiger partial charge in [0.15, 0.2) is 0 Å². The minimum absolute atomic E-state index is 0.599. The normalized spacial score (nSPS) is 10.9. The van der Waals surface area contributed by atoms with Gasteiger partial charge in [0.05, 0.1) is 6.57 Å². The monoisotopic (exact) mass is 228 g/mol. The van der Waals surface area contributed by atoms with Crippen molar-refractivity contribution < 1.29 is 0 Å². The summed E-state index contributed by atoms with van der Waals surface area (Å²) in [5.41, 5.74) is 2.70. The number of hydrogen-bond donors (Lipinski definition) is 1. The largest absolute Gasteiger partial charge is 0.346 e. The van der Waals surface area contributed by atoms with E-state index in [2.05, 4.69) is 33.7 Å². The number of rotatable bonds is 4. The molecule has 0 aromatic carbocycles. The number of nitrogens with zero attached hydrogens (tertiary/aromatic N) is 3. The van der Waals surface area contributed by atoms with E-state index < -0.39 is 0 Å². The molecule has 0 saturated carbocycles. The molecule has 0 aliphatic heterocycles. The van der Waals surface area contributed by atoms with E-state index in [0.29, 0.717) is 5.69 Å². The van der Waals surface area contributed by atoms with Crippen molar-refractivity contribution in [1.82, 2.24) is 14.9 Å².